The monoisotopic (exact) mass is 255 g/mol. The average molecular weight is 256 g/mol. The number of halogens is 1. The van der Waals surface area contributed by atoms with Crippen molar-refractivity contribution in [2.24, 2.45) is 0 Å². The summed E-state index contributed by atoms with van der Waals surface area (Å²) < 4.78 is 0. The highest BCUT2D eigenvalue weighted by atomic mass is 35.5. The van der Waals surface area contributed by atoms with E-state index in [2.05, 4.69) is 10.6 Å². The first-order valence-electron chi connectivity index (χ1n) is 5.58. The van der Waals surface area contributed by atoms with E-state index < -0.39 is 4.92 Å². The summed E-state index contributed by atoms with van der Waals surface area (Å²) in [5, 5.41) is 17.7. The molecule has 0 aromatic heterocycles. The zero-order valence-electron chi connectivity index (χ0n) is 9.28. The van der Waals surface area contributed by atoms with E-state index in [1.165, 1.54) is 6.07 Å². The van der Waals surface area contributed by atoms with Crippen molar-refractivity contribution in [2.45, 2.75) is 18.9 Å². The molecule has 1 unspecified atom stereocenters. The van der Waals surface area contributed by atoms with Crippen molar-refractivity contribution in [2.75, 3.05) is 18.4 Å². The number of rotatable bonds is 4. The number of benzene rings is 1. The largest absolute Gasteiger partial charge is 0.378 e. The predicted octanol–water partition coefficient (Wildman–Crippen LogP) is 2.41. The molecule has 1 aromatic rings. The van der Waals surface area contributed by atoms with Crippen molar-refractivity contribution in [1.29, 1.82) is 0 Å². The molecule has 17 heavy (non-hydrogen) atoms. The summed E-state index contributed by atoms with van der Waals surface area (Å²) in [6.45, 7) is 1.72. The van der Waals surface area contributed by atoms with Crippen LogP contribution < -0.4 is 10.6 Å². The Kier molecular flexibility index (Phi) is 3.81. The van der Waals surface area contributed by atoms with Gasteiger partial charge >= 0.3 is 0 Å². The van der Waals surface area contributed by atoms with Gasteiger partial charge in [-0.15, -0.1) is 0 Å². The lowest BCUT2D eigenvalue weighted by molar-refractivity contribution is -0.383. The Morgan fingerprint density at radius 3 is 3.06 bits per heavy atom. The molecule has 1 saturated heterocycles. The summed E-state index contributed by atoms with van der Waals surface area (Å²) >= 11 is 5.74. The number of nitro groups is 1. The van der Waals surface area contributed by atoms with E-state index in [-0.39, 0.29) is 5.69 Å². The third-order valence-corrected chi connectivity index (χ3v) is 3.09. The second-order valence-corrected chi connectivity index (χ2v) is 4.53. The fourth-order valence-corrected chi connectivity index (χ4v) is 2.14. The van der Waals surface area contributed by atoms with E-state index in [4.69, 9.17) is 11.6 Å². The second kappa shape index (κ2) is 5.33. The van der Waals surface area contributed by atoms with Gasteiger partial charge in [0.15, 0.2) is 0 Å². The van der Waals surface area contributed by atoms with Gasteiger partial charge < -0.3 is 10.6 Å². The maximum Gasteiger partial charge on any atom is 0.293 e. The molecule has 1 fully saturated rings. The molecule has 1 atom stereocenters. The van der Waals surface area contributed by atoms with E-state index in [0.717, 1.165) is 19.4 Å². The standard InChI is InChI=1S/C11H14ClN3O2/c12-8-3-4-10(11(6-8)15(16)17)14-7-9-2-1-5-13-9/h3-4,6,9,13-14H,1-2,5,7H2. The van der Waals surface area contributed by atoms with Crippen molar-refractivity contribution in [3.8, 4) is 0 Å². The Balaban J connectivity index is 2.06. The number of anilines is 1. The minimum atomic E-state index is -0.420. The van der Waals surface area contributed by atoms with Crippen molar-refractivity contribution in [3.63, 3.8) is 0 Å². The van der Waals surface area contributed by atoms with Crippen LogP contribution >= 0.6 is 11.6 Å². The lowest BCUT2D eigenvalue weighted by Crippen LogP contribution is -2.29. The molecule has 0 bridgehead atoms. The Hall–Kier alpha value is -1.33. The fourth-order valence-electron chi connectivity index (χ4n) is 1.97. The lowest BCUT2D eigenvalue weighted by Gasteiger charge is -2.12. The van der Waals surface area contributed by atoms with Gasteiger partial charge in [0.25, 0.3) is 5.69 Å². The summed E-state index contributed by atoms with van der Waals surface area (Å²) in [6, 6.07) is 5.06. The molecular weight excluding hydrogens is 242 g/mol. The van der Waals surface area contributed by atoms with Gasteiger partial charge in [-0.3, -0.25) is 10.1 Å². The van der Waals surface area contributed by atoms with Crippen LogP contribution in [-0.4, -0.2) is 24.1 Å². The molecular formula is C11H14ClN3O2. The summed E-state index contributed by atoms with van der Waals surface area (Å²) in [5.41, 5.74) is 0.545. The van der Waals surface area contributed by atoms with Gasteiger partial charge in [0.2, 0.25) is 0 Å². The molecule has 92 valence electrons. The molecule has 0 amide bonds. The first kappa shape index (κ1) is 12.1. The highest BCUT2D eigenvalue weighted by molar-refractivity contribution is 6.30. The van der Waals surface area contributed by atoms with Crippen molar-refractivity contribution in [3.05, 3.63) is 33.3 Å². The van der Waals surface area contributed by atoms with Crippen LogP contribution in [0.5, 0.6) is 0 Å². The first-order chi connectivity index (χ1) is 8.16. The first-order valence-corrected chi connectivity index (χ1v) is 5.96. The number of hydrogen-bond acceptors (Lipinski definition) is 4. The molecule has 6 heteroatoms. The van der Waals surface area contributed by atoms with Gasteiger partial charge in [0.1, 0.15) is 5.69 Å². The van der Waals surface area contributed by atoms with Crippen LogP contribution in [0.2, 0.25) is 5.02 Å². The molecule has 2 N–H and O–H groups in total. The van der Waals surface area contributed by atoms with Crippen LogP contribution in [0.3, 0.4) is 0 Å². The van der Waals surface area contributed by atoms with Gasteiger partial charge in [-0.25, -0.2) is 0 Å². The van der Waals surface area contributed by atoms with Gasteiger partial charge in [-0.2, -0.15) is 0 Å². The minimum Gasteiger partial charge on any atom is -0.378 e. The van der Waals surface area contributed by atoms with Gasteiger partial charge in [-0.1, -0.05) is 11.6 Å². The van der Waals surface area contributed by atoms with Crippen molar-refractivity contribution < 1.29 is 4.92 Å². The van der Waals surface area contributed by atoms with Gasteiger partial charge in [0.05, 0.1) is 4.92 Å². The third-order valence-electron chi connectivity index (χ3n) is 2.86. The normalized spacial score (nSPS) is 19.2. The van der Waals surface area contributed by atoms with Crippen LogP contribution in [0.1, 0.15) is 12.8 Å². The van der Waals surface area contributed by atoms with Crippen LogP contribution in [0.25, 0.3) is 0 Å². The Morgan fingerprint density at radius 1 is 1.59 bits per heavy atom. The molecule has 0 radical (unpaired) electrons. The van der Waals surface area contributed by atoms with Crippen LogP contribution in [0.15, 0.2) is 18.2 Å². The molecule has 1 aliphatic heterocycles. The van der Waals surface area contributed by atoms with Crippen molar-refractivity contribution >= 4 is 23.0 Å². The zero-order valence-corrected chi connectivity index (χ0v) is 10.0. The predicted molar refractivity (Wildman–Crippen MR) is 67.6 cm³/mol. The lowest BCUT2D eigenvalue weighted by atomic mass is 10.2. The SMILES string of the molecule is O=[N+]([O-])c1cc(Cl)ccc1NCC1CCCN1. The molecule has 1 aliphatic rings. The maximum atomic E-state index is 10.9. The molecule has 0 aliphatic carbocycles. The number of hydrogen-bond donors (Lipinski definition) is 2. The second-order valence-electron chi connectivity index (χ2n) is 4.09. The average Bonchev–Trinajstić information content (AvgIpc) is 2.80. The highest BCUT2D eigenvalue weighted by Gasteiger charge is 2.17. The van der Waals surface area contributed by atoms with E-state index in [1.807, 2.05) is 0 Å². The number of nitrogens with one attached hydrogen (secondary N) is 2. The molecule has 2 rings (SSSR count). The van der Waals surface area contributed by atoms with Gasteiger partial charge in [0, 0.05) is 23.7 Å². The van der Waals surface area contributed by atoms with Crippen molar-refractivity contribution in [1.82, 2.24) is 5.32 Å². The van der Waals surface area contributed by atoms with Gasteiger partial charge in [-0.05, 0) is 31.5 Å². The quantitative estimate of drug-likeness (QED) is 0.640. The minimum absolute atomic E-state index is 0.0236. The number of nitro benzene ring substituents is 1. The summed E-state index contributed by atoms with van der Waals surface area (Å²) in [5.74, 6) is 0. The molecule has 0 spiro atoms. The van der Waals surface area contributed by atoms with Crippen LogP contribution in [0, 0.1) is 10.1 Å². The Bertz CT molecular complexity index is 419. The fraction of sp³-hybridized carbons (Fsp3) is 0.455. The smallest absolute Gasteiger partial charge is 0.293 e. The maximum absolute atomic E-state index is 10.9. The third kappa shape index (κ3) is 3.08. The zero-order chi connectivity index (χ0) is 12.3. The van der Waals surface area contributed by atoms with E-state index in [9.17, 15) is 10.1 Å². The Labute approximate surface area is 104 Å². The van der Waals surface area contributed by atoms with E-state index in [0.29, 0.717) is 23.3 Å². The van der Waals surface area contributed by atoms with E-state index in [1.54, 1.807) is 12.1 Å². The molecule has 5 nitrogen and oxygen atoms in total. The molecule has 1 heterocycles. The summed E-state index contributed by atoms with van der Waals surface area (Å²) in [6.07, 6.45) is 2.27. The van der Waals surface area contributed by atoms with E-state index >= 15 is 0 Å². The topological polar surface area (TPSA) is 67.2 Å². The highest BCUT2D eigenvalue weighted by Crippen LogP contribution is 2.27. The summed E-state index contributed by atoms with van der Waals surface area (Å²) in [4.78, 5) is 10.4. The molecule has 0 saturated carbocycles. The van der Waals surface area contributed by atoms with Crippen LogP contribution in [0.4, 0.5) is 11.4 Å². The molecule has 1 aromatic carbocycles. The van der Waals surface area contributed by atoms with Crippen LogP contribution in [-0.2, 0) is 0 Å². The Morgan fingerprint density at radius 2 is 2.41 bits per heavy atom. The number of nitrogens with zero attached hydrogens (tertiary/aromatic N) is 1. The summed E-state index contributed by atoms with van der Waals surface area (Å²) in [7, 11) is 0.